The summed E-state index contributed by atoms with van der Waals surface area (Å²) in [5.74, 6) is 7.59. The molecule has 19 heavy (non-hydrogen) atoms. The molecule has 0 atom stereocenters. The molecule has 1 aromatic rings. The van der Waals surface area contributed by atoms with Crippen molar-refractivity contribution in [3.05, 3.63) is 29.8 Å². The van der Waals surface area contributed by atoms with Gasteiger partial charge in [-0.15, -0.1) is 11.8 Å². The Bertz CT molecular complexity index is 398. The second-order valence-electron chi connectivity index (χ2n) is 5.03. The van der Waals surface area contributed by atoms with Gasteiger partial charge in [0.05, 0.1) is 6.61 Å². The summed E-state index contributed by atoms with van der Waals surface area (Å²) >= 11 is 0. The second-order valence-corrected chi connectivity index (χ2v) is 5.03. The first-order valence-corrected chi connectivity index (χ1v) is 7.04. The van der Waals surface area contributed by atoms with Gasteiger partial charge in [0.1, 0.15) is 5.75 Å². The molecule has 0 amide bonds. The molecular weight excluding hydrogens is 234 g/mol. The largest absolute Gasteiger partial charge is 0.494 e. The van der Waals surface area contributed by atoms with E-state index in [4.69, 9.17) is 4.74 Å². The number of rotatable bonds is 8. The van der Waals surface area contributed by atoms with Crippen molar-refractivity contribution in [2.75, 3.05) is 13.2 Å². The molecule has 104 valence electrons. The maximum absolute atomic E-state index is 5.69. The molecule has 0 spiro atoms. The monoisotopic (exact) mass is 259 g/mol. The van der Waals surface area contributed by atoms with E-state index >= 15 is 0 Å². The van der Waals surface area contributed by atoms with Gasteiger partial charge in [0.15, 0.2) is 0 Å². The Kier molecular flexibility index (Phi) is 7.77. The summed E-state index contributed by atoms with van der Waals surface area (Å²) < 4.78 is 5.69. The van der Waals surface area contributed by atoms with Gasteiger partial charge in [-0.1, -0.05) is 26.0 Å². The zero-order valence-electron chi connectivity index (χ0n) is 12.3. The lowest BCUT2D eigenvalue weighted by Gasteiger charge is -2.09. The van der Waals surface area contributed by atoms with Crippen LogP contribution in [-0.4, -0.2) is 13.2 Å². The summed E-state index contributed by atoms with van der Waals surface area (Å²) in [5, 5.41) is 3.37. The van der Waals surface area contributed by atoms with Crippen LogP contribution in [0.15, 0.2) is 24.3 Å². The Morgan fingerprint density at radius 1 is 1.21 bits per heavy atom. The van der Waals surface area contributed by atoms with Crippen LogP contribution in [0, 0.1) is 17.8 Å². The van der Waals surface area contributed by atoms with Crippen molar-refractivity contribution in [1.82, 2.24) is 5.32 Å². The second kappa shape index (κ2) is 9.47. The van der Waals surface area contributed by atoms with Crippen molar-refractivity contribution in [2.45, 2.75) is 40.2 Å². The maximum atomic E-state index is 5.69. The van der Waals surface area contributed by atoms with Crippen molar-refractivity contribution in [3.63, 3.8) is 0 Å². The fraction of sp³-hybridized carbons (Fsp3) is 0.529. The SMILES string of the molecule is CC#CCCNCc1ccc(OCCC(C)C)cc1. The quantitative estimate of drug-likeness (QED) is 0.569. The molecule has 2 nitrogen and oxygen atoms in total. The zero-order chi connectivity index (χ0) is 13.9. The summed E-state index contributed by atoms with van der Waals surface area (Å²) in [6, 6.07) is 8.32. The van der Waals surface area contributed by atoms with Gasteiger partial charge in [0, 0.05) is 19.5 Å². The van der Waals surface area contributed by atoms with Gasteiger partial charge in [-0.25, -0.2) is 0 Å². The minimum Gasteiger partial charge on any atom is -0.494 e. The van der Waals surface area contributed by atoms with Crippen LogP contribution in [0.2, 0.25) is 0 Å². The fourth-order valence-corrected chi connectivity index (χ4v) is 1.62. The molecule has 0 fully saturated rings. The highest BCUT2D eigenvalue weighted by atomic mass is 16.5. The van der Waals surface area contributed by atoms with E-state index in [0.29, 0.717) is 5.92 Å². The molecule has 1 rings (SSSR count). The summed E-state index contributed by atoms with van der Waals surface area (Å²) in [6.07, 6.45) is 2.01. The minimum absolute atomic E-state index is 0.690. The van der Waals surface area contributed by atoms with Gasteiger partial charge in [0.2, 0.25) is 0 Å². The lowest BCUT2D eigenvalue weighted by Crippen LogP contribution is -2.14. The molecule has 0 saturated heterocycles. The maximum Gasteiger partial charge on any atom is 0.119 e. The average molecular weight is 259 g/mol. The van der Waals surface area contributed by atoms with Gasteiger partial charge in [0.25, 0.3) is 0 Å². The van der Waals surface area contributed by atoms with Gasteiger partial charge >= 0.3 is 0 Å². The molecule has 0 aliphatic rings. The van der Waals surface area contributed by atoms with Crippen LogP contribution in [0.3, 0.4) is 0 Å². The molecule has 0 radical (unpaired) electrons. The van der Waals surface area contributed by atoms with Crippen molar-refractivity contribution in [1.29, 1.82) is 0 Å². The third-order valence-electron chi connectivity index (χ3n) is 2.82. The van der Waals surface area contributed by atoms with Crippen LogP contribution in [0.4, 0.5) is 0 Å². The predicted octanol–water partition coefficient (Wildman–Crippen LogP) is 3.61. The van der Waals surface area contributed by atoms with E-state index in [1.165, 1.54) is 5.56 Å². The van der Waals surface area contributed by atoms with E-state index in [0.717, 1.165) is 38.3 Å². The van der Waals surface area contributed by atoms with Crippen LogP contribution < -0.4 is 10.1 Å². The number of hydrogen-bond acceptors (Lipinski definition) is 2. The first kappa shape index (κ1) is 15.6. The molecule has 1 aromatic carbocycles. The summed E-state index contributed by atoms with van der Waals surface area (Å²) in [6.45, 7) is 8.91. The lowest BCUT2D eigenvalue weighted by molar-refractivity contribution is 0.289. The number of benzene rings is 1. The van der Waals surface area contributed by atoms with Crippen molar-refractivity contribution in [2.24, 2.45) is 5.92 Å². The first-order valence-electron chi connectivity index (χ1n) is 7.04. The Labute approximate surface area is 117 Å². The van der Waals surface area contributed by atoms with Crippen LogP contribution in [0.1, 0.15) is 39.2 Å². The van der Waals surface area contributed by atoms with E-state index in [2.05, 4.69) is 43.1 Å². The molecule has 0 heterocycles. The third-order valence-corrected chi connectivity index (χ3v) is 2.82. The molecule has 0 aliphatic heterocycles. The van der Waals surface area contributed by atoms with Crippen molar-refractivity contribution >= 4 is 0 Å². The third kappa shape index (κ3) is 7.54. The van der Waals surface area contributed by atoms with E-state index in [-0.39, 0.29) is 0 Å². The average Bonchev–Trinajstić information content (AvgIpc) is 2.40. The predicted molar refractivity (Wildman–Crippen MR) is 81.2 cm³/mol. The van der Waals surface area contributed by atoms with Gasteiger partial charge < -0.3 is 10.1 Å². The van der Waals surface area contributed by atoms with Gasteiger partial charge in [-0.05, 0) is 37.0 Å². The molecule has 2 heteroatoms. The summed E-state index contributed by atoms with van der Waals surface area (Å²) in [5.41, 5.74) is 1.28. The molecule has 0 aromatic heterocycles. The first-order chi connectivity index (χ1) is 9.22. The fourth-order valence-electron chi connectivity index (χ4n) is 1.62. The van der Waals surface area contributed by atoms with Crippen LogP contribution >= 0.6 is 0 Å². The van der Waals surface area contributed by atoms with Crippen molar-refractivity contribution < 1.29 is 4.74 Å². The van der Waals surface area contributed by atoms with Crippen LogP contribution in [0.5, 0.6) is 5.75 Å². The summed E-state index contributed by atoms with van der Waals surface area (Å²) in [7, 11) is 0. The highest BCUT2D eigenvalue weighted by Crippen LogP contribution is 2.13. The Morgan fingerprint density at radius 2 is 1.95 bits per heavy atom. The number of hydrogen-bond donors (Lipinski definition) is 1. The van der Waals surface area contributed by atoms with Gasteiger partial charge in [-0.3, -0.25) is 0 Å². The van der Waals surface area contributed by atoms with E-state index < -0.39 is 0 Å². The zero-order valence-corrected chi connectivity index (χ0v) is 12.3. The van der Waals surface area contributed by atoms with Gasteiger partial charge in [-0.2, -0.15) is 0 Å². The van der Waals surface area contributed by atoms with E-state index in [1.807, 2.05) is 19.1 Å². The highest BCUT2D eigenvalue weighted by molar-refractivity contribution is 5.27. The summed E-state index contributed by atoms with van der Waals surface area (Å²) in [4.78, 5) is 0. The number of nitrogens with one attached hydrogen (secondary N) is 1. The molecule has 1 N–H and O–H groups in total. The molecule has 0 saturated carbocycles. The smallest absolute Gasteiger partial charge is 0.119 e. The Balaban J connectivity index is 2.24. The van der Waals surface area contributed by atoms with Crippen LogP contribution in [-0.2, 0) is 6.54 Å². The normalized spacial score (nSPS) is 10.1. The highest BCUT2D eigenvalue weighted by Gasteiger charge is 1.97. The standard InChI is InChI=1S/C17H25NO/c1-4-5-6-12-18-14-16-7-9-17(10-8-16)19-13-11-15(2)3/h7-10,15,18H,6,11-14H2,1-3H3. The van der Waals surface area contributed by atoms with E-state index in [1.54, 1.807) is 0 Å². The molecule has 0 bridgehead atoms. The number of ether oxygens (including phenoxy) is 1. The topological polar surface area (TPSA) is 21.3 Å². The van der Waals surface area contributed by atoms with Crippen molar-refractivity contribution in [3.8, 4) is 17.6 Å². The Morgan fingerprint density at radius 3 is 2.58 bits per heavy atom. The molecule has 0 aliphatic carbocycles. The molecule has 0 unspecified atom stereocenters. The Hall–Kier alpha value is -1.46. The molecular formula is C17H25NO. The lowest BCUT2D eigenvalue weighted by atomic mass is 10.1. The van der Waals surface area contributed by atoms with Crippen LogP contribution in [0.25, 0.3) is 0 Å². The minimum atomic E-state index is 0.690. The van der Waals surface area contributed by atoms with E-state index in [9.17, 15) is 0 Å².